The molecule has 3 nitrogen and oxygen atoms in total. The summed E-state index contributed by atoms with van der Waals surface area (Å²) < 4.78 is 3.27. The van der Waals surface area contributed by atoms with Crippen molar-refractivity contribution >= 4 is 15.9 Å². The summed E-state index contributed by atoms with van der Waals surface area (Å²) in [6, 6.07) is 8.71. The van der Waals surface area contributed by atoms with Crippen LogP contribution in [-0.4, -0.2) is 16.1 Å². The maximum atomic E-state index is 4.03. The van der Waals surface area contributed by atoms with Crippen molar-refractivity contribution in [3.63, 3.8) is 0 Å². The van der Waals surface area contributed by atoms with Crippen molar-refractivity contribution in [3.05, 3.63) is 53.0 Å². The second-order valence-corrected chi connectivity index (χ2v) is 5.21. The van der Waals surface area contributed by atoms with Gasteiger partial charge in [0.1, 0.15) is 0 Å². The van der Waals surface area contributed by atoms with Gasteiger partial charge in [0.25, 0.3) is 0 Å². The molecule has 18 heavy (non-hydrogen) atoms. The predicted molar refractivity (Wildman–Crippen MR) is 77.4 cm³/mol. The molecule has 1 heterocycles. The molecule has 0 amide bonds. The summed E-state index contributed by atoms with van der Waals surface area (Å²) >= 11 is 3.58. The Balaban J connectivity index is 1.75. The van der Waals surface area contributed by atoms with E-state index in [4.69, 9.17) is 0 Å². The van der Waals surface area contributed by atoms with E-state index in [-0.39, 0.29) is 0 Å². The average molecular weight is 308 g/mol. The highest BCUT2D eigenvalue weighted by atomic mass is 79.9. The molecule has 1 atom stereocenters. The van der Waals surface area contributed by atoms with Crippen molar-refractivity contribution in [1.82, 2.24) is 14.9 Å². The lowest BCUT2D eigenvalue weighted by Gasteiger charge is -2.15. The molecule has 0 bridgehead atoms. The molecule has 0 saturated heterocycles. The minimum atomic E-state index is 0.364. The van der Waals surface area contributed by atoms with Gasteiger partial charge in [-0.1, -0.05) is 34.1 Å². The maximum Gasteiger partial charge on any atom is 0.0945 e. The zero-order valence-electron chi connectivity index (χ0n) is 10.5. The van der Waals surface area contributed by atoms with Gasteiger partial charge in [-0.25, -0.2) is 4.98 Å². The summed E-state index contributed by atoms with van der Waals surface area (Å²) in [4.78, 5) is 4.03. The number of rotatable bonds is 6. The Kier molecular flexibility index (Phi) is 4.96. The van der Waals surface area contributed by atoms with Gasteiger partial charge in [-0.3, -0.25) is 0 Å². The van der Waals surface area contributed by atoms with Gasteiger partial charge >= 0.3 is 0 Å². The number of imidazole rings is 1. The van der Waals surface area contributed by atoms with E-state index in [2.05, 4.69) is 55.9 Å². The second-order valence-electron chi connectivity index (χ2n) is 4.35. The third kappa shape index (κ3) is 3.68. The lowest BCUT2D eigenvalue weighted by molar-refractivity contribution is 0.525. The van der Waals surface area contributed by atoms with Crippen molar-refractivity contribution < 1.29 is 0 Å². The first-order valence-corrected chi connectivity index (χ1v) is 7.00. The maximum absolute atomic E-state index is 4.03. The third-order valence-electron chi connectivity index (χ3n) is 2.97. The van der Waals surface area contributed by atoms with Crippen LogP contribution in [0.15, 0.2) is 47.5 Å². The normalized spacial score (nSPS) is 12.6. The smallest absolute Gasteiger partial charge is 0.0945 e. The summed E-state index contributed by atoms with van der Waals surface area (Å²) in [5, 5.41) is 3.54. The summed E-state index contributed by atoms with van der Waals surface area (Å²) in [6.45, 7) is 4.20. The Labute approximate surface area is 116 Å². The Morgan fingerprint density at radius 3 is 2.94 bits per heavy atom. The molecule has 0 fully saturated rings. The first kappa shape index (κ1) is 13.3. The molecule has 96 valence electrons. The SMILES string of the molecule is C[C@H](NCCCn1ccnc1)c1ccccc1Br. The molecule has 2 aromatic rings. The lowest BCUT2D eigenvalue weighted by Crippen LogP contribution is -2.21. The molecule has 2 rings (SSSR count). The first-order chi connectivity index (χ1) is 8.77. The van der Waals surface area contributed by atoms with Crippen LogP contribution in [0.25, 0.3) is 0 Å². The molecule has 1 aromatic heterocycles. The summed E-state index contributed by atoms with van der Waals surface area (Å²) in [7, 11) is 0. The Bertz CT molecular complexity index is 468. The highest BCUT2D eigenvalue weighted by molar-refractivity contribution is 9.10. The topological polar surface area (TPSA) is 29.9 Å². The van der Waals surface area contributed by atoms with E-state index in [9.17, 15) is 0 Å². The minimum absolute atomic E-state index is 0.364. The largest absolute Gasteiger partial charge is 0.337 e. The van der Waals surface area contributed by atoms with E-state index in [0.29, 0.717) is 6.04 Å². The number of halogens is 1. The van der Waals surface area contributed by atoms with Crippen LogP contribution in [-0.2, 0) is 6.54 Å². The van der Waals surface area contributed by atoms with Crippen molar-refractivity contribution in [3.8, 4) is 0 Å². The van der Waals surface area contributed by atoms with Crippen molar-refractivity contribution in [2.45, 2.75) is 25.9 Å². The fourth-order valence-corrected chi connectivity index (χ4v) is 2.56. The molecule has 0 aliphatic carbocycles. The molecule has 0 saturated carbocycles. The highest BCUT2D eigenvalue weighted by Gasteiger charge is 2.07. The fraction of sp³-hybridized carbons (Fsp3) is 0.357. The summed E-state index contributed by atoms with van der Waals surface area (Å²) in [5.41, 5.74) is 1.31. The average Bonchev–Trinajstić information content (AvgIpc) is 2.88. The van der Waals surface area contributed by atoms with Crippen LogP contribution in [0.3, 0.4) is 0 Å². The molecule has 1 aromatic carbocycles. The van der Waals surface area contributed by atoms with Crippen molar-refractivity contribution in [2.75, 3.05) is 6.54 Å². The lowest BCUT2D eigenvalue weighted by atomic mass is 10.1. The fourth-order valence-electron chi connectivity index (χ4n) is 1.94. The monoisotopic (exact) mass is 307 g/mol. The van der Waals surface area contributed by atoms with Crippen molar-refractivity contribution in [2.24, 2.45) is 0 Å². The van der Waals surface area contributed by atoms with Crippen LogP contribution in [0.1, 0.15) is 24.9 Å². The van der Waals surface area contributed by atoms with Gasteiger partial charge in [0.05, 0.1) is 6.33 Å². The molecule has 0 unspecified atom stereocenters. The summed E-state index contributed by atoms with van der Waals surface area (Å²) in [6.07, 6.45) is 6.77. The Hall–Kier alpha value is -1.13. The van der Waals surface area contributed by atoms with Gasteiger partial charge in [-0.15, -0.1) is 0 Å². The Morgan fingerprint density at radius 1 is 1.39 bits per heavy atom. The third-order valence-corrected chi connectivity index (χ3v) is 3.70. The summed E-state index contributed by atoms with van der Waals surface area (Å²) in [5.74, 6) is 0. The van der Waals surface area contributed by atoms with E-state index >= 15 is 0 Å². The molecule has 0 radical (unpaired) electrons. The molecule has 0 spiro atoms. The predicted octanol–water partition coefficient (Wildman–Crippen LogP) is 3.39. The number of nitrogens with one attached hydrogen (secondary N) is 1. The van der Waals surface area contributed by atoms with E-state index in [1.165, 1.54) is 10.0 Å². The molecular weight excluding hydrogens is 290 g/mol. The van der Waals surface area contributed by atoms with Gasteiger partial charge in [0, 0.05) is 29.5 Å². The zero-order chi connectivity index (χ0) is 12.8. The quantitative estimate of drug-likeness (QED) is 0.829. The Morgan fingerprint density at radius 2 is 2.22 bits per heavy atom. The zero-order valence-corrected chi connectivity index (χ0v) is 12.1. The van der Waals surface area contributed by atoms with Crippen LogP contribution in [0.4, 0.5) is 0 Å². The van der Waals surface area contributed by atoms with Gasteiger partial charge in [0.15, 0.2) is 0 Å². The highest BCUT2D eigenvalue weighted by Crippen LogP contribution is 2.22. The number of aryl methyl sites for hydroxylation is 1. The van der Waals surface area contributed by atoms with Crippen LogP contribution < -0.4 is 5.32 Å². The minimum Gasteiger partial charge on any atom is -0.337 e. The molecule has 0 aliphatic heterocycles. The first-order valence-electron chi connectivity index (χ1n) is 6.21. The van der Waals surface area contributed by atoms with Gasteiger partial charge in [-0.05, 0) is 31.5 Å². The molecule has 0 aliphatic rings. The molecule has 4 heteroatoms. The van der Waals surface area contributed by atoms with Crippen LogP contribution in [0.2, 0.25) is 0 Å². The van der Waals surface area contributed by atoms with Gasteiger partial charge in [-0.2, -0.15) is 0 Å². The van der Waals surface area contributed by atoms with Crippen molar-refractivity contribution in [1.29, 1.82) is 0 Å². The number of hydrogen-bond donors (Lipinski definition) is 1. The van der Waals surface area contributed by atoms with Crippen LogP contribution in [0.5, 0.6) is 0 Å². The standard InChI is InChI=1S/C14H18BrN3/c1-12(13-5-2-3-6-14(13)15)17-7-4-9-18-10-8-16-11-18/h2-3,5-6,8,10-12,17H,4,7,9H2,1H3/t12-/m0/s1. The van der Waals surface area contributed by atoms with Crippen LogP contribution in [0, 0.1) is 0 Å². The van der Waals surface area contributed by atoms with Crippen LogP contribution >= 0.6 is 15.9 Å². The second kappa shape index (κ2) is 6.71. The number of benzene rings is 1. The molecular formula is C14H18BrN3. The van der Waals surface area contributed by atoms with Gasteiger partial charge in [0.2, 0.25) is 0 Å². The van der Waals surface area contributed by atoms with E-state index in [1.54, 1.807) is 0 Å². The number of hydrogen-bond acceptors (Lipinski definition) is 2. The van der Waals surface area contributed by atoms with E-state index in [0.717, 1.165) is 19.5 Å². The van der Waals surface area contributed by atoms with E-state index in [1.807, 2.05) is 24.8 Å². The number of aromatic nitrogens is 2. The van der Waals surface area contributed by atoms with Gasteiger partial charge < -0.3 is 9.88 Å². The number of nitrogens with zero attached hydrogens (tertiary/aromatic N) is 2. The molecule has 1 N–H and O–H groups in total. The van der Waals surface area contributed by atoms with E-state index < -0.39 is 0 Å².